The monoisotopic (exact) mass is 271 g/mol. The molecule has 3 aromatic rings. The van der Waals surface area contributed by atoms with Gasteiger partial charge in [-0.15, -0.1) is 0 Å². The van der Waals surface area contributed by atoms with E-state index < -0.39 is 0 Å². The summed E-state index contributed by atoms with van der Waals surface area (Å²) in [5.74, 6) is 0. The SMILES string of the molecule is S=c1[nH]nc(-c2cc(-c3ccccc3)ccn2)s1. The average Bonchev–Trinajstić information content (AvgIpc) is 2.87. The highest BCUT2D eigenvalue weighted by Gasteiger charge is 2.05. The van der Waals surface area contributed by atoms with Crippen LogP contribution >= 0.6 is 23.6 Å². The summed E-state index contributed by atoms with van der Waals surface area (Å²) in [5.41, 5.74) is 3.13. The summed E-state index contributed by atoms with van der Waals surface area (Å²) >= 11 is 6.46. The first kappa shape index (κ1) is 11.3. The first-order valence-corrected chi connectivity index (χ1v) is 6.63. The van der Waals surface area contributed by atoms with Crippen molar-refractivity contribution in [3.05, 3.63) is 52.6 Å². The van der Waals surface area contributed by atoms with Crippen molar-refractivity contribution in [1.29, 1.82) is 0 Å². The van der Waals surface area contributed by atoms with E-state index in [4.69, 9.17) is 12.2 Å². The Bertz CT molecular complexity index is 716. The van der Waals surface area contributed by atoms with E-state index in [0.29, 0.717) is 3.95 Å². The van der Waals surface area contributed by atoms with E-state index in [1.54, 1.807) is 6.20 Å². The molecule has 1 aromatic carbocycles. The van der Waals surface area contributed by atoms with Crippen molar-refractivity contribution >= 4 is 23.6 Å². The molecule has 0 fully saturated rings. The van der Waals surface area contributed by atoms with Gasteiger partial charge >= 0.3 is 0 Å². The van der Waals surface area contributed by atoms with Crippen LogP contribution in [-0.2, 0) is 0 Å². The Morgan fingerprint density at radius 1 is 1.06 bits per heavy atom. The molecule has 3 nitrogen and oxygen atoms in total. The third-order valence-electron chi connectivity index (χ3n) is 2.52. The van der Waals surface area contributed by atoms with Gasteiger partial charge in [-0.25, -0.2) is 0 Å². The molecule has 3 rings (SSSR count). The van der Waals surface area contributed by atoms with E-state index in [-0.39, 0.29) is 0 Å². The number of aromatic nitrogens is 3. The zero-order chi connectivity index (χ0) is 12.4. The largest absolute Gasteiger partial charge is 0.258 e. The molecule has 0 atom stereocenters. The van der Waals surface area contributed by atoms with E-state index >= 15 is 0 Å². The van der Waals surface area contributed by atoms with E-state index in [1.165, 1.54) is 16.9 Å². The van der Waals surface area contributed by atoms with Crippen LogP contribution in [0.1, 0.15) is 0 Å². The summed E-state index contributed by atoms with van der Waals surface area (Å²) < 4.78 is 0.664. The molecule has 2 aromatic heterocycles. The molecule has 5 heteroatoms. The van der Waals surface area contributed by atoms with E-state index in [2.05, 4.69) is 27.3 Å². The minimum atomic E-state index is 0.664. The zero-order valence-corrected chi connectivity index (χ0v) is 11.0. The van der Waals surface area contributed by atoms with E-state index in [9.17, 15) is 0 Å². The topological polar surface area (TPSA) is 41.6 Å². The molecule has 0 aliphatic heterocycles. The molecule has 88 valence electrons. The number of pyridine rings is 1. The van der Waals surface area contributed by atoms with Gasteiger partial charge in [0.05, 0.1) is 0 Å². The van der Waals surface area contributed by atoms with Gasteiger partial charge in [-0.1, -0.05) is 41.7 Å². The number of nitrogens with one attached hydrogen (secondary N) is 1. The van der Waals surface area contributed by atoms with Crippen LogP contribution in [0.4, 0.5) is 0 Å². The molecular formula is C13H9N3S2. The summed E-state index contributed by atoms with van der Waals surface area (Å²) in [6.07, 6.45) is 1.79. The lowest BCUT2D eigenvalue weighted by atomic mass is 10.1. The Morgan fingerprint density at radius 2 is 1.89 bits per heavy atom. The second-order valence-corrected chi connectivity index (χ2v) is 5.38. The van der Waals surface area contributed by atoms with Crippen LogP contribution < -0.4 is 0 Å². The Kier molecular flexibility index (Phi) is 3.00. The highest BCUT2D eigenvalue weighted by molar-refractivity contribution is 7.73. The number of hydrogen-bond donors (Lipinski definition) is 1. The van der Waals surface area contributed by atoms with Gasteiger partial charge in [0.15, 0.2) is 8.96 Å². The van der Waals surface area contributed by atoms with Crippen LogP contribution in [0.5, 0.6) is 0 Å². The second kappa shape index (κ2) is 4.80. The third kappa shape index (κ3) is 2.23. The molecule has 2 heterocycles. The Morgan fingerprint density at radius 3 is 2.61 bits per heavy atom. The van der Waals surface area contributed by atoms with Crippen LogP contribution in [0.15, 0.2) is 48.7 Å². The molecular weight excluding hydrogens is 262 g/mol. The molecule has 1 N–H and O–H groups in total. The Labute approximate surface area is 113 Å². The maximum atomic E-state index is 5.03. The maximum Gasteiger partial charge on any atom is 0.176 e. The predicted octanol–water partition coefficient (Wildman–Crippen LogP) is 3.93. The summed E-state index contributed by atoms with van der Waals surface area (Å²) in [6, 6.07) is 14.2. The minimum absolute atomic E-state index is 0.664. The van der Waals surface area contributed by atoms with E-state index in [0.717, 1.165) is 16.3 Å². The Balaban J connectivity index is 2.07. The average molecular weight is 271 g/mol. The third-order valence-corrected chi connectivity index (χ3v) is 3.64. The van der Waals surface area contributed by atoms with Crippen LogP contribution in [0.2, 0.25) is 0 Å². The van der Waals surface area contributed by atoms with Crippen LogP contribution in [0, 0.1) is 3.95 Å². The number of H-pyrrole nitrogens is 1. The van der Waals surface area contributed by atoms with Gasteiger partial charge in [0, 0.05) is 6.20 Å². The molecule has 0 bridgehead atoms. The number of benzene rings is 1. The maximum absolute atomic E-state index is 5.03. The van der Waals surface area contributed by atoms with Crippen molar-refractivity contribution < 1.29 is 0 Å². The first-order valence-electron chi connectivity index (χ1n) is 5.40. The highest BCUT2D eigenvalue weighted by Crippen LogP contribution is 2.25. The van der Waals surface area contributed by atoms with Crippen molar-refractivity contribution in [1.82, 2.24) is 15.2 Å². The molecule has 0 spiro atoms. The lowest BCUT2D eigenvalue weighted by Gasteiger charge is -2.02. The van der Waals surface area contributed by atoms with Crippen molar-refractivity contribution in [2.75, 3.05) is 0 Å². The molecule has 0 amide bonds. The fraction of sp³-hybridized carbons (Fsp3) is 0. The van der Waals surface area contributed by atoms with Gasteiger partial charge < -0.3 is 0 Å². The number of aromatic amines is 1. The molecule has 0 aliphatic rings. The van der Waals surface area contributed by atoms with Gasteiger partial charge in [0.25, 0.3) is 0 Å². The highest BCUT2D eigenvalue weighted by atomic mass is 32.1. The van der Waals surface area contributed by atoms with Gasteiger partial charge in [-0.3, -0.25) is 10.1 Å². The Hall–Kier alpha value is -1.85. The summed E-state index contributed by atoms with van der Waals surface area (Å²) in [7, 11) is 0. The van der Waals surface area contributed by atoms with Crippen molar-refractivity contribution in [3.63, 3.8) is 0 Å². The van der Waals surface area contributed by atoms with Gasteiger partial charge in [-0.2, -0.15) is 5.10 Å². The van der Waals surface area contributed by atoms with Crippen LogP contribution in [0.3, 0.4) is 0 Å². The van der Waals surface area contributed by atoms with Crippen LogP contribution in [-0.4, -0.2) is 15.2 Å². The second-order valence-electron chi connectivity index (χ2n) is 3.71. The lowest BCUT2D eigenvalue weighted by Crippen LogP contribution is -1.84. The predicted molar refractivity (Wildman–Crippen MR) is 76.0 cm³/mol. The minimum Gasteiger partial charge on any atom is -0.258 e. The molecule has 18 heavy (non-hydrogen) atoms. The van der Waals surface area contributed by atoms with Gasteiger partial charge in [0.1, 0.15) is 5.69 Å². The van der Waals surface area contributed by atoms with Crippen LogP contribution in [0.25, 0.3) is 21.8 Å². The van der Waals surface area contributed by atoms with Gasteiger partial charge in [0.2, 0.25) is 0 Å². The first-order chi connectivity index (χ1) is 8.83. The summed E-state index contributed by atoms with van der Waals surface area (Å²) in [6.45, 7) is 0. The molecule has 0 unspecified atom stereocenters. The van der Waals surface area contributed by atoms with E-state index in [1.807, 2.05) is 30.3 Å². The standard InChI is InChI=1S/C13H9N3S2/c17-13-16-15-12(18-13)11-8-10(6-7-14-11)9-4-2-1-3-5-9/h1-8H,(H,16,17). The fourth-order valence-electron chi connectivity index (χ4n) is 1.70. The fourth-order valence-corrected chi connectivity index (χ4v) is 2.55. The van der Waals surface area contributed by atoms with Crippen molar-refractivity contribution in [2.45, 2.75) is 0 Å². The van der Waals surface area contributed by atoms with Crippen molar-refractivity contribution in [2.24, 2.45) is 0 Å². The number of hydrogen-bond acceptors (Lipinski definition) is 4. The normalized spacial score (nSPS) is 10.4. The van der Waals surface area contributed by atoms with Crippen molar-refractivity contribution in [3.8, 4) is 21.8 Å². The number of nitrogens with zero attached hydrogens (tertiary/aromatic N) is 2. The molecule has 0 radical (unpaired) electrons. The summed E-state index contributed by atoms with van der Waals surface area (Å²) in [4.78, 5) is 4.33. The quantitative estimate of drug-likeness (QED) is 0.718. The molecule has 0 saturated carbocycles. The molecule has 0 saturated heterocycles. The number of rotatable bonds is 2. The smallest absolute Gasteiger partial charge is 0.176 e. The lowest BCUT2D eigenvalue weighted by molar-refractivity contribution is 1.08. The summed E-state index contributed by atoms with van der Waals surface area (Å²) in [5, 5.41) is 7.73. The van der Waals surface area contributed by atoms with Gasteiger partial charge in [-0.05, 0) is 35.5 Å². The molecule has 0 aliphatic carbocycles. The zero-order valence-electron chi connectivity index (χ0n) is 9.33.